The molecule has 0 saturated carbocycles. The molecule has 1 N–H and O–H groups in total. The Morgan fingerprint density at radius 3 is 2.70 bits per heavy atom. The lowest BCUT2D eigenvalue weighted by Crippen LogP contribution is -2.14. The third-order valence-corrected chi connectivity index (χ3v) is 2.80. The molecule has 0 aliphatic heterocycles. The zero-order chi connectivity index (χ0) is 14.7. The van der Waals surface area contributed by atoms with Crippen LogP contribution in [-0.4, -0.2) is 15.8 Å². The first kappa shape index (κ1) is 14.0. The Morgan fingerprint density at radius 2 is 2.10 bits per heavy atom. The number of nitrogens with one attached hydrogen (secondary N) is 1. The molecule has 0 fully saturated rings. The van der Waals surface area contributed by atoms with E-state index in [0.29, 0.717) is 5.69 Å². The van der Waals surface area contributed by atoms with Crippen LogP contribution in [-0.2, 0) is 0 Å². The number of carbonyl (C=O) groups excluding carboxylic acids is 1. The van der Waals surface area contributed by atoms with Crippen molar-refractivity contribution in [2.75, 3.05) is 5.32 Å². The largest absolute Gasteiger partial charge is 0.320 e. The molecule has 2 rings (SSSR count). The molecule has 0 atom stereocenters. The molecule has 0 spiro atoms. The Hall–Kier alpha value is -2.47. The van der Waals surface area contributed by atoms with Gasteiger partial charge in [0.25, 0.3) is 11.6 Å². The molecule has 0 aliphatic carbocycles. The molecule has 1 amide bonds. The van der Waals surface area contributed by atoms with Crippen LogP contribution in [0.4, 0.5) is 11.4 Å². The molecule has 0 aliphatic rings. The Morgan fingerprint density at radius 1 is 1.35 bits per heavy atom. The number of pyridine rings is 1. The van der Waals surface area contributed by atoms with Crippen molar-refractivity contribution in [2.24, 2.45) is 0 Å². The molecule has 2 aromatic rings. The molecular weight excluding hydrogens is 282 g/mol. The molecule has 0 unspecified atom stereocenters. The van der Waals surface area contributed by atoms with E-state index in [1.807, 2.05) is 6.92 Å². The fraction of sp³-hybridized carbons (Fsp3) is 0.0769. The number of halogens is 1. The van der Waals surface area contributed by atoms with Crippen LogP contribution in [0.15, 0.2) is 36.5 Å². The van der Waals surface area contributed by atoms with Crippen LogP contribution in [0.2, 0.25) is 5.02 Å². The summed E-state index contributed by atoms with van der Waals surface area (Å²) < 4.78 is 0. The average molecular weight is 292 g/mol. The highest BCUT2D eigenvalue weighted by Gasteiger charge is 2.20. The van der Waals surface area contributed by atoms with Crippen LogP contribution < -0.4 is 5.32 Å². The molecule has 0 bridgehead atoms. The average Bonchev–Trinajstić information content (AvgIpc) is 2.41. The third kappa shape index (κ3) is 3.10. The molecule has 0 saturated heterocycles. The van der Waals surface area contributed by atoms with Crippen molar-refractivity contribution in [1.29, 1.82) is 0 Å². The first-order chi connectivity index (χ1) is 9.47. The molecule has 7 heteroatoms. The topological polar surface area (TPSA) is 85.1 Å². The number of benzene rings is 1. The van der Waals surface area contributed by atoms with Gasteiger partial charge in [0, 0.05) is 16.8 Å². The van der Waals surface area contributed by atoms with Gasteiger partial charge in [0.15, 0.2) is 0 Å². The van der Waals surface area contributed by atoms with Crippen LogP contribution in [0.5, 0.6) is 0 Å². The van der Waals surface area contributed by atoms with Gasteiger partial charge in [0.2, 0.25) is 0 Å². The second kappa shape index (κ2) is 5.66. The first-order valence-corrected chi connectivity index (χ1v) is 6.03. The van der Waals surface area contributed by atoms with Gasteiger partial charge in [0.05, 0.1) is 16.8 Å². The van der Waals surface area contributed by atoms with Crippen molar-refractivity contribution < 1.29 is 9.72 Å². The van der Waals surface area contributed by atoms with Crippen LogP contribution in [0.25, 0.3) is 0 Å². The zero-order valence-corrected chi connectivity index (χ0v) is 11.2. The maximum atomic E-state index is 12.1. The summed E-state index contributed by atoms with van der Waals surface area (Å²) in [5, 5.41) is 13.7. The third-order valence-electron chi connectivity index (χ3n) is 2.57. The van der Waals surface area contributed by atoms with Crippen LogP contribution in [0.1, 0.15) is 16.1 Å². The number of nitrogens with zero attached hydrogens (tertiary/aromatic N) is 2. The van der Waals surface area contributed by atoms with Crippen molar-refractivity contribution in [3.63, 3.8) is 0 Å². The number of anilines is 1. The highest BCUT2D eigenvalue weighted by molar-refractivity contribution is 6.31. The van der Waals surface area contributed by atoms with E-state index in [9.17, 15) is 14.9 Å². The molecule has 1 aromatic heterocycles. The zero-order valence-electron chi connectivity index (χ0n) is 10.5. The maximum Gasteiger partial charge on any atom is 0.282 e. The minimum atomic E-state index is -0.626. The molecule has 20 heavy (non-hydrogen) atoms. The fourth-order valence-electron chi connectivity index (χ4n) is 1.59. The van der Waals surface area contributed by atoms with Crippen molar-refractivity contribution in [2.45, 2.75) is 6.92 Å². The molecular formula is C13H10ClN3O3. The van der Waals surface area contributed by atoms with E-state index >= 15 is 0 Å². The van der Waals surface area contributed by atoms with Gasteiger partial charge < -0.3 is 5.32 Å². The Kier molecular flexibility index (Phi) is 3.95. The monoisotopic (exact) mass is 291 g/mol. The van der Waals surface area contributed by atoms with Gasteiger partial charge in [-0.05, 0) is 31.2 Å². The summed E-state index contributed by atoms with van der Waals surface area (Å²) in [6.45, 7) is 1.81. The van der Waals surface area contributed by atoms with E-state index in [4.69, 9.17) is 11.6 Å². The summed E-state index contributed by atoms with van der Waals surface area (Å²) in [7, 11) is 0. The maximum absolute atomic E-state index is 12.1. The van der Waals surface area contributed by atoms with Crippen molar-refractivity contribution in [1.82, 2.24) is 4.98 Å². The number of aryl methyl sites for hydroxylation is 1. The summed E-state index contributed by atoms with van der Waals surface area (Å²) in [4.78, 5) is 26.4. The lowest BCUT2D eigenvalue weighted by Gasteiger charge is -2.06. The predicted molar refractivity (Wildman–Crippen MR) is 75.0 cm³/mol. The first-order valence-electron chi connectivity index (χ1n) is 5.65. The van der Waals surface area contributed by atoms with E-state index < -0.39 is 10.8 Å². The normalized spacial score (nSPS) is 10.1. The number of rotatable bonds is 3. The number of hydrogen-bond acceptors (Lipinski definition) is 4. The number of amides is 1. The molecule has 0 radical (unpaired) electrons. The second-order valence-corrected chi connectivity index (χ2v) is 4.50. The Balaban J connectivity index is 2.31. The smallest absolute Gasteiger partial charge is 0.282 e. The number of nitro benzene ring substituents is 1. The van der Waals surface area contributed by atoms with Gasteiger partial charge in [-0.15, -0.1) is 0 Å². The highest BCUT2D eigenvalue weighted by Crippen LogP contribution is 2.23. The summed E-state index contributed by atoms with van der Waals surface area (Å²) in [6, 6.07) is 7.21. The van der Waals surface area contributed by atoms with Gasteiger partial charge in [-0.3, -0.25) is 19.9 Å². The SMILES string of the molecule is Cc1ccc(NC(=O)c2cc(Cl)ccc2[N+](=O)[O-])cn1. The number of aromatic nitrogens is 1. The van der Waals surface area contributed by atoms with Gasteiger partial charge in [-0.1, -0.05) is 11.6 Å². The van der Waals surface area contributed by atoms with Gasteiger partial charge in [0.1, 0.15) is 5.56 Å². The molecule has 102 valence electrons. The lowest BCUT2D eigenvalue weighted by molar-refractivity contribution is -0.385. The van der Waals surface area contributed by atoms with E-state index in [2.05, 4.69) is 10.3 Å². The quantitative estimate of drug-likeness (QED) is 0.695. The van der Waals surface area contributed by atoms with E-state index in [1.165, 1.54) is 24.4 Å². The molecule has 6 nitrogen and oxygen atoms in total. The van der Waals surface area contributed by atoms with E-state index in [-0.39, 0.29) is 16.3 Å². The van der Waals surface area contributed by atoms with Crippen LogP contribution in [0.3, 0.4) is 0 Å². The second-order valence-electron chi connectivity index (χ2n) is 4.06. The predicted octanol–water partition coefficient (Wildman–Crippen LogP) is 3.20. The minimum absolute atomic E-state index is 0.0944. The van der Waals surface area contributed by atoms with Crippen molar-refractivity contribution in [3.8, 4) is 0 Å². The highest BCUT2D eigenvalue weighted by atomic mass is 35.5. The van der Waals surface area contributed by atoms with E-state index in [1.54, 1.807) is 12.1 Å². The van der Waals surface area contributed by atoms with Gasteiger partial charge in [-0.25, -0.2) is 0 Å². The Bertz CT molecular complexity index is 671. The van der Waals surface area contributed by atoms with Crippen molar-refractivity contribution >= 4 is 28.9 Å². The fourth-order valence-corrected chi connectivity index (χ4v) is 1.76. The summed E-state index contributed by atoms with van der Waals surface area (Å²) in [5.41, 5.74) is 0.863. The lowest BCUT2D eigenvalue weighted by atomic mass is 10.1. The number of nitro groups is 1. The number of carbonyl (C=O) groups is 1. The van der Waals surface area contributed by atoms with Crippen LogP contribution in [0, 0.1) is 17.0 Å². The van der Waals surface area contributed by atoms with Crippen molar-refractivity contribution in [3.05, 3.63) is 62.9 Å². The van der Waals surface area contributed by atoms with Gasteiger partial charge in [-0.2, -0.15) is 0 Å². The summed E-state index contributed by atoms with van der Waals surface area (Å²) in [6.07, 6.45) is 1.48. The Labute approximate surface area is 119 Å². The summed E-state index contributed by atoms with van der Waals surface area (Å²) >= 11 is 5.77. The minimum Gasteiger partial charge on any atom is -0.320 e. The summed E-state index contributed by atoms with van der Waals surface area (Å²) in [5.74, 6) is -0.607. The molecule has 1 aromatic carbocycles. The standard InChI is InChI=1S/C13H10ClN3O3/c1-8-2-4-10(7-15-8)16-13(18)11-6-9(14)3-5-12(11)17(19)20/h2-7H,1H3,(H,16,18). The van der Waals surface area contributed by atoms with Gasteiger partial charge >= 0.3 is 0 Å². The molecule has 1 heterocycles. The number of hydrogen-bond donors (Lipinski definition) is 1. The van der Waals surface area contributed by atoms with E-state index in [0.717, 1.165) is 5.69 Å². The van der Waals surface area contributed by atoms with Crippen LogP contribution >= 0.6 is 11.6 Å².